The Bertz CT molecular complexity index is 524. The van der Waals surface area contributed by atoms with Crippen LogP contribution in [0.25, 0.3) is 0 Å². The first-order valence-electron chi connectivity index (χ1n) is 7.29. The molecule has 0 spiro atoms. The summed E-state index contributed by atoms with van der Waals surface area (Å²) >= 11 is 0. The lowest BCUT2D eigenvalue weighted by molar-refractivity contribution is 0.0818. The third-order valence-electron chi connectivity index (χ3n) is 3.31. The van der Waals surface area contributed by atoms with E-state index in [1.165, 1.54) is 0 Å². The van der Waals surface area contributed by atoms with Crippen LogP contribution in [0.15, 0.2) is 41.4 Å². The SMILES string of the molecule is CN=C(NCc1cccc(OCC(F)F)c1)NC1CC=CC1. The molecule has 2 N–H and O–H groups in total. The second kappa shape index (κ2) is 8.36. The molecule has 2 rings (SSSR count). The van der Waals surface area contributed by atoms with Crippen molar-refractivity contribution < 1.29 is 13.5 Å². The van der Waals surface area contributed by atoms with Crippen molar-refractivity contribution in [2.24, 2.45) is 4.99 Å². The van der Waals surface area contributed by atoms with Gasteiger partial charge in [-0.1, -0.05) is 24.3 Å². The molecular weight excluding hydrogens is 288 g/mol. The van der Waals surface area contributed by atoms with E-state index in [0.29, 0.717) is 18.3 Å². The normalized spacial score (nSPS) is 15.4. The molecule has 1 aliphatic carbocycles. The fraction of sp³-hybridized carbons (Fsp3) is 0.438. The van der Waals surface area contributed by atoms with Gasteiger partial charge in [0.1, 0.15) is 12.4 Å². The second-order valence-electron chi connectivity index (χ2n) is 5.06. The maximum absolute atomic E-state index is 12.1. The molecule has 22 heavy (non-hydrogen) atoms. The average Bonchev–Trinajstić information content (AvgIpc) is 3.03. The van der Waals surface area contributed by atoms with Gasteiger partial charge in [0.25, 0.3) is 6.43 Å². The molecule has 0 heterocycles. The number of halogens is 2. The topological polar surface area (TPSA) is 45.7 Å². The first kappa shape index (κ1) is 16.3. The average molecular weight is 309 g/mol. The Hall–Kier alpha value is -2.11. The van der Waals surface area contributed by atoms with Crippen molar-refractivity contribution in [2.75, 3.05) is 13.7 Å². The van der Waals surface area contributed by atoms with E-state index in [2.05, 4.69) is 27.8 Å². The van der Waals surface area contributed by atoms with Gasteiger partial charge in [-0.25, -0.2) is 8.78 Å². The van der Waals surface area contributed by atoms with E-state index in [0.717, 1.165) is 24.4 Å². The molecule has 0 amide bonds. The van der Waals surface area contributed by atoms with E-state index in [4.69, 9.17) is 4.74 Å². The lowest BCUT2D eigenvalue weighted by Gasteiger charge is -2.17. The molecule has 1 aliphatic rings. The molecule has 0 aliphatic heterocycles. The summed E-state index contributed by atoms with van der Waals surface area (Å²) in [6, 6.07) is 7.50. The van der Waals surface area contributed by atoms with Gasteiger partial charge in [0.15, 0.2) is 5.96 Å². The van der Waals surface area contributed by atoms with Crippen molar-refractivity contribution in [3.05, 3.63) is 42.0 Å². The summed E-state index contributed by atoms with van der Waals surface area (Å²) < 4.78 is 29.3. The number of alkyl halides is 2. The van der Waals surface area contributed by atoms with E-state index in [-0.39, 0.29) is 0 Å². The van der Waals surface area contributed by atoms with Crippen molar-refractivity contribution in [1.82, 2.24) is 10.6 Å². The maximum atomic E-state index is 12.1. The van der Waals surface area contributed by atoms with E-state index < -0.39 is 13.0 Å². The largest absolute Gasteiger partial charge is 0.488 e. The van der Waals surface area contributed by atoms with Crippen LogP contribution in [-0.2, 0) is 6.54 Å². The number of hydrogen-bond donors (Lipinski definition) is 2. The van der Waals surface area contributed by atoms with Crippen LogP contribution in [0.3, 0.4) is 0 Å². The summed E-state index contributed by atoms with van der Waals surface area (Å²) in [5.74, 6) is 1.18. The van der Waals surface area contributed by atoms with Crippen LogP contribution >= 0.6 is 0 Å². The highest BCUT2D eigenvalue weighted by Gasteiger charge is 2.11. The van der Waals surface area contributed by atoms with E-state index in [1.54, 1.807) is 25.2 Å². The summed E-state index contributed by atoms with van der Waals surface area (Å²) in [7, 11) is 1.72. The van der Waals surface area contributed by atoms with E-state index >= 15 is 0 Å². The van der Waals surface area contributed by atoms with Gasteiger partial charge in [-0.2, -0.15) is 0 Å². The lowest BCUT2D eigenvalue weighted by atomic mass is 10.2. The Kier molecular flexibility index (Phi) is 6.18. The Labute approximate surface area is 129 Å². The molecule has 0 atom stereocenters. The number of guanidine groups is 1. The van der Waals surface area contributed by atoms with Gasteiger partial charge < -0.3 is 15.4 Å². The number of nitrogens with zero attached hydrogens (tertiary/aromatic N) is 1. The van der Waals surface area contributed by atoms with Crippen LogP contribution in [0.1, 0.15) is 18.4 Å². The Morgan fingerprint density at radius 2 is 2.14 bits per heavy atom. The molecule has 1 aromatic carbocycles. The van der Waals surface area contributed by atoms with Crippen molar-refractivity contribution >= 4 is 5.96 Å². The smallest absolute Gasteiger partial charge is 0.272 e. The molecule has 1 aromatic rings. The fourth-order valence-corrected chi connectivity index (χ4v) is 2.21. The molecule has 0 saturated heterocycles. The highest BCUT2D eigenvalue weighted by molar-refractivity contribution is 5.80. The van der Waals surface area contributed by atoms with Crippen LogP contribution in [-0.4, -0.2) is 32.1 Å². The quantitative estimate of drug-likeness (QED) is 0.482. The summed E-state index contributed by atoms with van der Waals surface area (Å²) in [6.07, 6.45) is 3.82. The van der Waals surface area contributed by atoms with Gasteiger partial charge in [-0.15, -0.1) is 0 Å². The molecule has 0 radical (unpaired) electrons. The van der Waals surface area contributed by atoms with Crippen LogP contribution in [0.4, 0.5) is 8.78 Å². The summed E-state index contributed by atoms with van der Waals surface area (Å²) in [5, 5.41) is 6.55. The number of benzene rings is 1. The molecule has 4 nitrogen and oxygen atoms in total. The van der Waals surface area contributed by atoms with Crippen molar-refractivity contribution in [3.8, 4) is 5.75 Å². The molecule has 120 valence electrons. The second-order valence-corrected chi connectivity index (χ2v) is 5.06. The summed E-state index contributed by atoms with van der Waals surface area (Å²) in [5.41, 5.74) is 0.944. The van der Waals surface area contributed by atoms with Gasteiger partial charge in [0, 0.05) is 19.6 Å². The zero-order valence-corrected chi connectivity index (χ0v) is 12.6. The summed E-state index contributed by atoms with van der Waals surface area (Å²) in [4.78, 5) is 4.18. The molecule has 6 heteroatoms. The Morgan fingerprint density at radius 3 is 2.82 bits per heavy atom. The Balaban J connectivity index is 1.83. The third-order valence-corrected chi connectivity index (χ3v) is 3.31. The van der Waals surface area contributed by atoms with Gasteiger partial charge in [-0.3, -0.25) is 4.99 Å². The van der Waals surface area contributed by atoms with Gasteiger partial charge >= 0.3 is 0 Å². The minimum absolute atomic E-state index is 0.381. The van der Waals surface area contributed by atoms with Crippen LogP contribution in [0.5, 0.6) is 5.75 Å². The fourth-order valence-electron chi connectivity index (χ4n) is 2.21. The lowest BCUT2D eigenvalue weighted by Crippen LogP contribution is -2.42. The first-order chi connectivity index (χ1) is 10.7. The van der Waals surface area contributed by atoms with Gasteiger partial charge in [-0.05, 0) is 30.5 Å². The number of rotatable bonds is 6. The van der Waals surface area contributed by atoms with Crippen LogP contribution in [0, 0.1) is 0 Å². The van der Waals surface area contributed by atoms with Crippen LogP contribution in [0.2, 0.25) is 0 Å². The Morgan fingerprint density at radius 1 is 1.36 bits per heavy atom. The predicted octanol–water partition coefficient (Wildman–Crippen LogP) is 2.71. The molecule has 0 fully saturated rings. The molecule has 0 unspecified atom stereocenters. The monoisotopic (exact) mass is 309 g/mol. The highest BCUT2D eigenvalue weighted by atomic mass is 19.3. The van der Waals surface area contributed by atoms with E-state index in [1.807, 2.05) is 6.07 Å². The number of ether oxygens (including phenoxy) is 1. The minimum Gasteiger partial charge on any atom is -0.488 e. The van der Waals surface area contributed by atoms with Crippen molar-refractivity contribution in [2.45, 2.75) is 31.9 Å². The van der Waals surface area contributed by atoms with Crippen molar-refractivity contribution in [3.63, 3.8) is 0 Å². The molecule has 0 bridgehead atoms. The number of nitrogens with one attached hydrogen (secondary N) is 2. The standard InChI is InChI=1S/C16H21F2N3O/c1-19-16(21-13-6-2-3-7-13)20-10-12-5-4-8-14(9-12)22-11-15(17)18/h2-5,8-9,13,15H,6-7,10-11H2,1H3,(H2,19,20,21). The molecule has 0 aromatic heterocycles. The minimum atomic E-state index is -2.47. The zero-order valence-electron chi connectivity index (χ0n) is 12.6. The number of aliphatic imine (C=N–C) groups is 1. The molecule has 0 saturated carbocycles. The number of hydrogen-bond acceptors (Lipinski definition) is 2. The highest BCUT2D eigenvalue weighted by Crippen LogP contribution is 2.14. The van der Waals surface area contributed by atoms with Gasteiger partial charge in [0.2, 0.25) is 0 Å². The van der Waals surface area contributed by atoms with Crippen LogP contribution < -0.4 is 15.4 Å². The van der Waals surface area contributed by atoms with Crippen molar-refractivity contribution in [1.29, 1.82) is 0 Å². The van der Waals surface area contributed by atoms with E-state index in [9.17, 15) is 8.78 Å². The van der Waals surface area contributed by atoms with Gasteiger partial charge in [0.05, 0.1) is 0 Å². The summed E-state index contributed by atoms with van der Waals surface area (Å²) in [6.45, 7) is -0.0412. The zero-order chi connectivity index (χ0) is 15.8. The maximum Gasteiger partial charge on any atom is 0.272 e. The third kappa shape index (κ3) is 5.35. The molecular formula is C16H21F2N3O. The predicted molar refractivity (Wildman–Crippen MR) is 83.4 cm³/mol. The first-order valence-corrected chi connectivity index (χ1v) is 7.29.